The minimum Gasteiger partial charge on any atom is -0.444 e. The maximum atomic E-state index is 12.0. The fourth-order valence-corrected chi connectivity index (χ4v) is 4.01. The number of alkyl carbamates (subject to hydrolysis) is 1. The molecule has 0 bridgehead atoms. The van der Waals surface area contributed by atoms with E-state index in [1.807, 2.05) is 27.8 Å². The largest absolute Gasteiger partial charge is 0.444 e. The zero-order valence-corrected chi connectivity index (χ0v) is 18.0. The molecule has 0 aromatic rings. The second kappa shape index (κ2) is 9.62. The van der Waals surface area contributed by atoms with Gasteiger partial charge in [-0.25, -0.2) is 4.79 Å². The maximum Gasteiger partial charge on any atom is 0.407 e. The lowest BCUT2D eigenvalue weighted by molar-refractivity contribution is 0.0507. The molecular formula is C20H39N5O2. The van der Waals surface area contributed by atoms with Gasteiger partial charge in [0.2, 0.25) is 0 Å². The highest BCUT2D eigenvalue weighted by Gasteiger charge is 2.29. The fraction of sp³-hybridized carbons (Fsp3) is 0.900. The van der Waals surface area contributed by atoms with Crippen molar-refractivity contribution in [3.63, 3.8) is 0 Å². The highest BCUT2D eigenvalue weighted by Crippen LogP contribution is 2.19. The van der Waals surface area contributed by atoms with Gasteiger partial charge in [-0.05, 0) is 60.4 Å². The normalized spacial score (nSPS) is 26.0. The summed E-state index contributed by atoms with van der Waals surface area (Å²) in [4.78, 5) is 21.2. The van der Waals surface area contributed by atoms with Crippen molar-refractivity contribution >= 4 is 12.1 Å². The molecule has 2 heterocycles. The molecule has 2 fully saturated rings. The summed E-state index contributed by atoms with van der Waals surface area (Å²) in [5.74, 6) is 0.917. The van der Waals surface area contributed by atoms with Crippen LogP contribution in [0.2, 0.25) is 0 Å². The number of nitrogens with zero attached hydrogens (tertiary/aromatic N) is 3. The molecule has 0 aromatic carbocycles. The first-order valence-electron chi connectivity index (χ1n) is 10.4. The molecule has 2 aliphatic heterocycles. The first-order valence-corrected chi connectivity index (χ1v) is 10.4. The highest BCUT2D eigenvalue weighted by molar-refractivity contribution is 5.80. The molecule has 3 unspecified atom stereocenters. The van der Waals surface area contributed by atoms with Crippen molar-refractivity contribution in [3.05, 3.63) is 0 Å². The molecule has 2 rings (SSSR count). The Morgan fingerprint density at radius 1 is 1.26 bits per heavy atom. The monoisotopic (exact) mass is 381 g/mol. The summed E-state index contributed by atoms with van der Waals surface area (Å²) in [7, 11) is 1.82. The second-order valence-electron chi connectivity index (χ2n) is 8.94. The number of guanidine groups is 1. The van der Waals surface area contributed by atoms with Gasteiger partial charge in [0.25, 0.3) is 0 Å². The van der Waals surface area contributed by atoms with E-state index in [0.717, 1.165) is 32.0 Å². The SMILES string of the molecule is CN=C(NCC(C)N1CCCCC1C)N1CCC(NC(=O)OC(C)(C)C)C1. The minimum absolute atomic E-state index is 0.0953. The molecule has 156 valence electrons. The van der Waals surface area contributed by atoms with Crippen molar-refractivity contribution < 1.29 is 9.53 Å². The molecule has 2 saturated heterocycles. The van der Waals surface area contributed by atoms with Crippen LogP contribution in [0.3, 0.4) is 0 Å². The lowest BCUT2D eigenvalue weighted by atomic mass is 10.0. The molecule has 1 amide bonds. The Kier molecular flexibility index (Phi) is 7.77. The molecule has 3 atom stereocenters. The summed E-state index contributed by atoms with van der Waals surface area (Å²) in [6.07, 6.45) is 4.50. The van der Waals surface area contributed by atoms with E-state index in [4.69, 9.17) is 4.74 Å². The van der Waals surface area contributed by atoms with Crippen LogP contribution in [-0.4, -0.2) is 78.8 Å². The Balaban J connectivity index is 1.78. The third kappa shape index (κ3) is 6.87. The smallest absolute Gasteiger partial charge is 0.407 e. The molecule has 0 saturated carbocycles. The number of hydrogen-bond acceptors (Lipinski definition) is 4. The van der Waals surface area contributed by atoms with Crippen LogP contribution in [0, 0.1) is 0 Å². The summed E-state index contributed by atoms with van der Waals surface area (Å²) in [6.45, 7) is 14.0. The van der Waals surface area contributed by atoms with Crippen molar-refractivity contribution in [2.24, 2.45) is 4.99 Å². The molecule has 0 radical (unpaired) electrons. The Bertz CT molecular complexity index is 517. The van der Waals surface area contributed by atoms with Crippen LogP contribution in [-0.2, 0) is 4.74 Å². The van der Waals surface area contributed by atoms with Crippen molar-refractivity contribution in [3.8, 4) is 0 Å². The summed E-state index contributed by atoms with van der Waals surface area (Å²) >= 11 is 0. The van der Waals surface area contributed by atoms with Gasteiger partial charge in [0.15, 0.2) is 5.96 Å². The van der Waals surface area contributed by atoms with Crippen molar-refractivity contribution in [1.29, 1.82) is 0 Å². The van der Waals surface area contributed by atoms with Crippen LogP contribution >= 0.6 is 0 Å². The van der Waals surface area contributed by atoms with Gasteiger partial charge in [0.1, 0.15) is 5.60 Å². The molecule has 0 spiro atoms. The molecule has 0 aromatic heterocycles. The highest BCUT2D eigenvalue weighted by atomic mass is 16.6. The summed E-state index contributed by atoms with van der Waals surface area (Å²) in [6, 6.07) is 1.24. The molecule has 7 nitrogen and oxygen atoms in total. The van der Waals surface area contributed by atoms with Crippen molar-refractivity contribution in [2.45, 2.75) is 84.0 Å². The van der Waals surface area contributed by atoms with Crippen molar-refractivity contribution in [2.75, 3.05) is 33.2 Å². The average Bonchev–Trinajstić information content (AvgIpc) is 3.02. The van der Waals surface area contributed by atoms with E-state index in [9.17, 15) is 4.79 Å². The van der Waals surface area contributed by atoms with E-state index in [1.54, 1.807) is 0 Å². The summed E-state index contributed by atoms with van der Waals surface area (Å²) in [5.41, 5.74) is -0.471. The zero-order valence-electron chi connectivity index (χ0n) is 18.0. The van der Waals surface area contributed by atoms with Gasteiger partial charge in [-0.1, -0.05) is 6.42 Å². The number of aliphatic imine (C=N–C) groups is 1. The van der Waals surface area contributed by atoms with E-state index < -0.39 is 5.60 Å². The zero-order chi connectivity index (χ0) is 20.0. The topological polar surface area (TPSA) is 69.2 Å². The van der Waals surface area contributed by atoms with Crippen LogP contribution in [0.25, 0.3) is 0 Å². The molecule has 7 heteroatoms. The van der Waals surface area contributed by atoms with E-state index in [2.05, 4.69) is 39.3 Å². The lowest BCUT2D eigenvalue weighted by Crippen LogP contribution is -2.51. The second-order valence-corrected chi connectivity index (χ2v) is 8.94. The molecule has 0 aliphatic carbocycles. The number of rotatable bonds is 4. The van der Waals surface area contributed by atoms with Crippen LogP contribution < -0.4 is 10.6 Å². The Morgan fingerprint density at radius 2 is 2.00 bits per heavy atom. The third-order valence-electron chi connectivity index (χ3n) is 5.40. The van der Waals surface area contributed by atoms with Crippen LogP contribution in [0.5, 0.6) is 0 Å². The number of carbonyl (C=O) groups is 1. The Labute approximate surface area is 164 Å². The number of amides is 1. The number of carbonyl (C=O) groups excluding carboxylic acids is 1. The van der Waals surface area contributed by atoms with Gasteiger partial charge in [-0.2, -0.15) is 0 Å². The minimum atomic E-state index is -0.471. The quantitative estimate of drug-likeness (QED) is 0.578. The third-order valence-corrected chi connectivity index (χ3v) is 5.40. The molecule has 2 aliphatic rings. The predicted molar refractivity (Wildman–Crippen MR) is 110 cm³/mol. The molecule has 27 heavy (non-hydrogen) atoms. The Hall–Kier alpha value is -1.50. The average molecular weight is 382 g/mol. The van der Waals surface area contributed by atoms with Crippen molar-refractivity contribution in [1.82, 2.24) is 20.4 Å². The first kappa shape index (κ1) is 21.8. The molecular weight excluding hydrogens is 342 g/mol. The molecule has 2 N–H and O–H groups in total. The fourth-order valence-electron chi connectivity index (χ4n) is 4.01. The van der Waals surface area contributed by atoms with Gasteiger partial charge >= 0.3 is 6.09 Å². The van der Waals surface area contributed by atoms with E-state index >= 15 is 0 Å². The van der Waals surface area contributed by atoms with Gasteiger partial charge < -0.3 is 20.3 Å². The van der Waals surface area contributed by atoms with Gasteiger partial charge in [-0.15, -0.1) is 0 Å². The number of ether oxygens (including phenoxy) is 1. The first-order chi connectivity index (χ1) is 12.7. The van der Waals surface area contributed by atoms with E-state index in [0.29, 0.717) is 12.1 Å². The number of piperidine rings is 1. The van der Waals surface area contributed by atoms with Crippen LogP contribution in [0.15, 0.2) is 4.99 Å². The van der Waals surface area contributed by atoms with Gasteiger partial charge in [-0.3, -0.25) is 9.89 Å². The summed E-state index contributed by atoms with van der Waals surface area (Å²) < 4.78 is 5.36. The number of nitrogens with one attached hydrogen (secondary N) is 2. The van der Waals surface area contributed by atoms with E-state index in [1.165, 1.54) is 25.8 Å². The van der Waals surface area contributed by atoms with Gasteiger partial charge in [0, 0.05) is 38.8 Å². The Morgan fingerprint density at radius 3 is 2.63 bits per heavy atom. The van der Waals surface area contributed by atoms with E-state index in [-0.39, 0.29) is 12.1 Å². The lowest BCUT2D eigenvalue weighted by Gasteiger charge is -2.38. The summed E-state index contributed by atoms with van der Waals surface area (Å²) in [5, 5.41) is 6.50. The number of hydrogen-bond donors (Lipinski definition) is 2. The maximum absolute atomic E-state index is 12.0. The standard InChI is InChI=1S/C20H39N5O2/c1-15-9-7-8-11-25(15)16(2)13-22-18(21-6)24-12-10-17(14-24)23-19(26)27-20(3,4)5/h15-17H,7-14H2,1-6H3,(H,21,22)(H,23,26). The van der Waals surface area contributed by atoms with Gasteiger partial charge in [0.05, 0.1) is 6.04 Å². The number of likely N-dealkylation sites (tertiary alicyclic amines) is 2. The van der Waals surface area contributed by atoms with Crippen LogP contribution in [0.4, 0.5) is 4.79 Å². The van der Waals surface area contributed by atoms with Crippen LogP contribution in [0.1, 0.15) is 60.3 Å². The predicted octanol–water partition coefficient (Wildman–Crippen LogP) is 2.42.